The van der Waals surface area contributed by atoms with Gasteiger partial charge in [0.1, 0.15) is 0 Å². The molecule has 2 aromatic carbocycles. The normalized spacial score (nSPS) is 12.7. The Morgan fingerprint density at radius 3 is 2.26 bits per heavy atom. The van der Waals surface area contributed by atoms with Gasteiger partial charge in [0, 0.05) is 0 Å². The van der Waals surface area contributed by atoms with Gasteiger partial charge in [0.25, 0.3) is 0 Å². The Labute approximate surface area is 114 Å². The van der Waals surface area contributed by atoms with Gasteiger partial charge < -0.3 is 9.84 Å². The van der Waals surface area contributed by atoms with Crippen molar-refractivity contribution in [2.24, 2.45) is 0 Å². The Bertz CT molecular complexity index is 491. The highest BCUT2D eigenvalue weighted by Crippen LogP contribution is 2.04. The van der Waals surface area contributed by atoms with Crippen molar-refractivity contribution in [1.82, 2.24) is 0 Å². The highest BCUT2D eigenvalue weighted by Gasteiger charge is 1.99. The number of benzene rings is 2. The van der Waals surface area contributed by atoms with Crippen molar-refractivity contribution >= 4 is 6.08 Å². The van der Waals surface area contributed by atoms with Crippen LogP contribution in [0.1, 0.15) is 11.1 Å². The van der Waals surface area contributed by atoms with E-state index in [2.05, 4.69) is 0 Å². The van der Waals surface area contributed by atoms with Crippen LogP contribution in [0, 0.1) is 0 Å². The molecule has 0 spiro atoms. The molecule has 0 aliphatic rings. The molecule has 0 fully saturated rings. The zero-order chi connectivity index (χ0) is 13.3. The van der Waals surface area contributed by atoms with Gasteiger partial charge in [-0.25, -0.2) is 0 Å². The van der Waals surface area contributed by atoms with E-state index in [1.165, 1.54) is 0 Å². The summed E-state index contributed by atoms with van der Waals surface area (Å²) < 4.78 is 5.47. The van der Waals surface area contributed by atoms with E-state index in [0.717, 1.165) is 11.1 Å². The molecular weight excluding hydrogens is 236 g/mol. The quantitative estimate of drug-likeness (QED) is 0.857. The lowest BCUT2D eigenvalue weighted by Crippen LogP contribution is -2.11. The molecule has 1 atom stereocenters. The molecule has 0 heterocycles. The first-order chi connectivity index (χ1) is 9.34. The third-order valence-corrected chi connectivity index (χ3v) is 2.71. The molecule has 19 heavy (non-hydrogen) atoms. The van der Waals surface area contributed by atoms with Gasteiger partial charge in [0.2, 0.25) is 0 Å². The van der Waals surface area contributed by atoms with Crippen LogP contribution in [-0.4, -0.2) is 17.8 Å². The third-order valence-electron chi connectivity index (χ3n) is 2.71. The van der Waals surface area contributed by atoms with Crippen LogP contribution < -0.4 is 0 Å². The van der Waals surface area contributed by atoms with E-state index in [-0.39, 0.29) is 0 Å². The summed E-state index contributed by atoms with van der Waals surface area (Å²) >= 11 is 0. The van der Waals surface area contributed by atoms with Crippen LogP contribution in [0.4, 0.5) is 0 Å². The molecule has 0 saturated carbocycles. The van der Waals surface area contributed by atoms with Crippen LogP contribution in [0.25, 0.3) is 6.08 Å². The minimum absolute atomic E-state index is 0.304. The summed E-state index contributed by atoms with van der Waals surface area (Å²) in [5.41, 5.74) is 2.19. The fraction of sp³-hybridized carbons (Fsp3) is 0.176. The van der Waals surface area contributed by atoms with Crippen molar-refractivity contribution in [3.05, 3.63) is 77.9 Å². The van der Waals surface area contributed by atoms with Crippen molar-refractivity contribution in [1.29, 1.82) is 0 Å². The topological polar surface area (TPSA) is 29.5 Å². The van der Waals surface area contributed by atoms with Gasteiger partial charge in [-0.15, -0.1) is 0 Å². The fourth-order valence-corrected chi connectivity index (χ4v) is 1.71. The molecule has 0 aliphatic carbocycles. The molecule has 2 nitrogen and oxygen atoms in total. The van der Waals surface area contributed by atoms with Crippen LogP contribution in [0.5, 0.6) is 0 Å². The monoisotopic (exact) mass is 254 g/mol. The molecule has 2 aromatic rings. The Kier molecular flexibility index (Phi) is 5.35. The van der Waals surface area contributed by atoms with E-state index in [4.69, 9.17) is 4.74 Å². The van der Waals surface area contributed by atoms with E-state index in [1.807, 2.05) is 66.7 Å². The van der Waals surface area contributed by atoms with E-state index in [1.54, 1.807) is 6.08 Å². The summed E-state index contributed by atoms with van der Waals surface area (Å²) in [6.07, 6.45) is 3.07. The van der Waals surface area contributed by atoms with Crippen molar-refractivity contribution in [3.8, 4) is 0 Å². The summed E-state index contributed by atoms with van der Waals surface area (Å²) in [6.45, 7) is 0.829. The number of aliphatic hydroxyl groups excluding tert-OH is 1. The minimum Gasteiger partial charge on any atom is -0.387 e. The lowest BCUT2D eigenvalue weighted by Gasteiger charge is -2.07. The van der Waals surface area contributed by atoms with Gasteiger partial charge in [-0.05, 0) is 11.1 Å². The lowest BCUT2D eigenvalue weighted by atomic mass is 10.2. The summed E-state index contributed by atoms with van der Waals surface area (Å²) in [4.78, 5) is 0. The molecule has 98 valence electrons. The summed E-state index contributed by atoms with van der Waals surface area (Å²) in [7, 11) is 0. The average Bonchev–Trinajstić information content (AvgIpc) is 2.47. The fourth-order valence-electron chi connectivity index (χ4n) is 1.71. The molecule has 0 unspecified atom stereocenters. The van der Waals surface area contributed by atoms with Crippen LogP contribution in [0.3, 0.4) is 0 Å². The van der Waals surface area contributed by atoms with Gasteiger partial charge in [0.15, 0.2) is 0 Å². The number of hydrogen-bond acceptors (Lipinski definition) is 2. The van der Waals surface area contributed by atoms with Gasteiger partial charge in [-0.1, -0.05) is 72.8 Å². The van der Waals surface area contributed by atoms with E-state index in [9.17, 15) is 5.11 Å². The maximum absolute atomic E-state index is 9.78. The zero-order valence-electron chi connectivity index (χ0n) is 10.8. The standard InChI is InChI=1S/C17H18O2/c18-17(12-11-15-7-3-1-4-8-15)14-19-13-16-9-5-2-6-10-16/h1-12,17-18H,13-14H2/t17-/m1/s1. The highest BCUT2D eigenvalue weighted by atomic mass is 16.5. The number of ether oxygens (including phenoxy) is 1. The molecule has 2 heteroatoms. The third kappa shape index (κ3) is 5.08. The Morgan fingerprint density at radius 1 is 0.947 bits per heavy atom. The zero-order valence-corrected chi connectivity index (χ0v) is 10.8. The van der Waals surface area contributed by atoms with Gasteiger partial charge in [-0.2, -0.15) is 0 Å². The second kappa shape index (κ2) is 7.52. The number of aliphatic hydroxyl groups is 1. The molecule has 0 saturated heterocycles. The van der Waals surface area contributed by atoms with Crippen LogP contribution in [0.2, 0.25) is 0 Å². The Hall–Kier alpha value is -1.90. The van der Waals surface area contributed by atoms with E-state index in [0.29, 0.717) is 13.2 Å². The average molecular weight is 254 g/mol. The number of rotatable bonds is 6. The van der Waals surface area contributed by atoms with Gasteiger partial charge in [0.05, 0.1) is 19.3 Å². The van der Waals surface area contributed by atoms with Crippen molar-refractivity contribution in [2.75, 3.05) is 6.61 Å². The Balaban J connectivity index is 1.73. The van der Waals surface area contributed by atoms with Crippen LogP contribution in [0.15, 0.2) is 66.7 Å². The predicted octanol–water partition coefficient (Wildman–Crippen LogP) is 3.28. The maximum Gasteiger partial charge on any atom is 0.0957 e. The highest BCUT2D eigenvalue weighted by molar-refractivity contribution is 5.49. The first kappa shape index (κ1) is 13.5. The number of hydrogen-bond donors (Lipinski definition) is 1. The predicted molar refractivity (Wildman–Crippen MR) is 77.6 cm³/mol. The summed E-state index contributed by atoms with van der Waals surface area (Å²) in [5.74, 6) is 0. The molecule has 0 bridgehead atoms. The second-order valence-corrected chi connectivity index (χ2v) is 4.34. The van der Waals surface area contributed by atoms with E-state index >= 15 is 0 Å². The first-order valence-electron chi connectivity index (χ1n) is 6.37. The first-order valence-corrected chi connectivity index (χ1v) is 6.37. The largest absolute Gasteiger partial charge is 0.387 e. The van der Waals surface area contributed by atoms with Crippen molar-refractivity contribution < 1.29 is 9.84 Å². The van der Waals surface area contributed by atoms with Gasteiger partial charge in [-0.3, -0.25) is 0 Å². The lowest BCUT2D eigenvalue weighted by molar-refractivity contribution is 0.0507. The molecule has 0 amide bonds. The molecule has 2 rings (SSSR count). The van der Waals surface area contributed by atoms with Crippen LogP contribution >= 0.6 is 0 Å². The smallest absolute Gasteiger partial charge is 0.0957 e. The minimum atomic E-state index is -0.580. The van der Waals surface area contributed by atoms with E-state index < -0.39 is 6.10 Å². The van der Waals surface area contributed by atoms with Crippen molar-refractivity contribution in [2.45, 2.75) is 12.7 Å². The van der Waals surface area contributed by atoms with Gasteiger partial charge >= 0.3 is 0 Å². The summed E-state index contributed by atoms with van der Waals surface area (Å²) in [5, 5.41) is 9.78. The van der Waals surface area contributed by atoms with Crippen molar-refractivity contribution in [3.63, 3.8) is 0 Å². The maximum atomic E-state index is 9.78. The molecule has 0 radical (unpaired) electrons. The molecule has 0 aliphatic heterocycles. The molecule has 1 N–H and O–H groups in total. The second-order valence-electron chi connectivity index (χ2n) is 4.34. The molecule has 0 aromatic heterocycles. The summed E-state index contributed by atoms with van der Waals surface area (Å²) in [6, 6.07) is 19.8. The Morgan fingerprint density at radius 2 is 1.58 bits per heavy atom. The molecular formula is C17H18O2. The SMILES string of the molecule is O[C@H](C=Cc1ccccc1)COCc1ccccc1. The van der Waals surface area contributed by atoms with Crippen LogP contribution in [-0.2, 0) is 11.3 Å².